The van der Waals surface area contributed by atoms with Crippen LogP contribution in [0.5, 0.6) is 0 Å². The number of anilines is 1. The summed E-state index contributed by atoms with van der Waals surface area (Å²) >= 11 is 0. The minimum atomic E-state index is -1.31. The first kappa shape index (κ1) is 17.7. The Balaban J connectivity index is 1.79. The summed E-state index contributed by atoms with van der Waals surface area (Å²) in [5.41, 5.74) is 0.858. The summed E-state index contributed by atoms with van der Waals surface area (Å²) < 4.78 is 5.42. The van der Waals surface area contributed by atoms with Crippen molar-refractivity contribution >= 4 is 23.5 Å². The third kappa shape index (κ3) is 3.44. The van der Waals surface area contributed by atoms with E-state index in [1.54, 1.807) is 43.3 Å². The van der Waals surface area contributed by atoms with E-state index in [0.29, 0.717) is 23.4 Å². The number of esters is 1. The topological polar surface area (TPSA) is 84.5 Å². The van der Waals surface area contributed by atoms with Gasteiger partial charge in [-0.25, -0.2) is 4.79 Å². The first-order valence-corrected chi connectivity index (χ1v) is 8.44. The number of nitrogens with one attached hydrogen (secondary N) is 2. The summed E-state index contributed by atoms with van der Waals surface area (Å²) in [5.74, 6) is -1.16. The lowest BCUT2D eigenvalue weighted by atomic mass is 9.89. The highest BCUT2D eigenvalue weighted by Gasteiger charge is 2.42. The summed E-state index contributed by atoms with van der Waals surface area (Å²) in [4.78, 5) is 36.9. The molecule has 2 aromatic rings. The van der Waals surface area contributed by atoms with Crippen LogP contribution in [-0.4, -0.2) is 29.9 Å². The molecule has 6 heteroatoms. The van der Waals surface area contributed by atoms with Crippen molar-refractivity contribution in [3.05, 3.63) is 65.2 Å². The molecule has 3 rings (SSSR count). The molecule has 1 aliphatic heterocycles. The second kappa shape index (κ2) is 7.00. The van der Waals surface area contributed by atoms with E-state index in [1.165, 1.54) is 0 Å². The molecule has 26 heavy (non-hydrogen) atoms. The van der Waals surface area contributed by atoms with Crippen molar-refractivity contribution in [2.75, 3.05) is 11.9 Å². The maximum atomic E-state index is 12.8. The monoisotopic (exact) mass is 352 g/mol. The molecule has 1 aliphatic rings. The van der Waals surface area contributed by atoms with E-state index < -0.39 is 17.5 Å². The Morgan fingerprint density at radius 1 is 1.15 bits per heavy atom. The summed E-state index contributed by atoms with van der Waals surface area (Å²) in [6, 6.07) is 13.7. The minimum Gasteiger partial charge on any atom is -0.445 e. The highest BCUT2D eigenvalue weighted by atomic mass is 16.6. The van der Waals surface area contributed by atoms with Crippen molar-refractivity contribution in [2.45, 2.75) is 25.9 Å². The van der Waals surface area contributed by atoms with Crippen molar-refractivity contribution < 1.29 is 19.1 Å². The number of carbonyl (C=O) groups excluding carboxylic acids is 3. The Hall–Kier alpha value is -3.15. The molecule has 1 unspecified atom stereocenters. The molecular weight excluding hydrogens is 332 g/mol. The first-order chi connectivity index (χ1) is 12.4. The molecule has 1 heterocycles. The molecule has 134 valence electrons. The molecule has 1 atom stereocenters. The van der Waals surface area contributed by atoms with E-state index in [0.717, 1.165) is 5.56 Å². The van der Waals surface area contributed by atoms with Crippen LogP contribution in [0.3, 0.4) is 0 Å². The number of ether oxygens (including phenoxy) is 1. The van der Waals surface area contributed by atoms with Crippen molar-refractivity contribution in [3.63, 3.8) is 0 Å². The Bertz CT molecular complexity index is 878. The SMILES string of the molecule is CCNC(=O)c1cccc(NC(=O)C2(C)Cc3ccccc3C(=O)O2)c1. The predicted molar refractivity (Wildman–Crippen MR) is 97.0 cm³/mol. The fraction of sp³-hybridized carbons (Fsp3) is 0.250. The molecule has 0 aliphatic carbocycles. The van der Waals surface area contributed by atoms with Gasteiger partial charge < -0.3 is 15.4 Å². The van der Waals surface area contributed by atoms with E-state index in [2.05, 4.69) is 10.6 Å². The first-order valence-electron chi connectivity index (χ1n) is 8.44. The number of hydrogen-bond acceptors (Lipinski definition) is 4. The summed E-state index contributed by atoms with van der Waals surface area (Å²) in [6.45, 7) is 3.94. The molecule has 2 amide bonds. The number of rotatable bonds is 4. The van der Waals surface area contributed by atoms with Crippen LogP contribution in [0.1, 0.15) is 40.1 Å². The van der Waals surface area contributed by atoms with Gasteiger partial charge in [0.15, 0.2) is 5.60 Å². The van der Waals surface area contributed by atoms with Gasteiger partial charge in [-0.2, -0.15) is 0 Å². The average molecular weight is 352 g/mol. The van der Waals surface area contributed by atoms with Gasteiger partial charge >= 0.3 is 5.97 Å². The summed E-state index contributed by atoms with van der Waals surface area (Å²) in [6.07, 6.45) is 0.288. The highest BCUT2D eigenvalue weighted by Crippen LogP contribution is 2.29. The predicted octanol–water partition coefficient (Wildman–Crippen LogP) is 2.55. The molecule has 2 aromatic carbocycles. The quantitative estimate of drug-likeness (QED) is 0.828. The smallest absolute Gasteiger partial charge is 0.339 e. The number of amides is 2. The number of cyclic esters (lactones) is 1. The zero-order valence-corrected chi connectivity index (χ0v) is 14.7. The minimum absolute atomic E-state index is 0.215. The average Bonchev–Trinajstić information content (AvgIpc) is 2.62. The molecule has 0 aromatic heterocycles. The van der Waals surface area contributed by atoms with Crippen LogP contribution in [0.2, 0.25) is 0 Å². The molecule has 0 fully saturated rings. The van der Waals surface area contributed by atoms with Gasteiger partial charge in [0.2, 0.25) is 0 Å². The van der Waals surface area contributed by atoms with Gasteiger partial charge in [0, 0.05) is 24.2 Å². The summed E-state index contributed by atoms with van der Waals surface area (Å²) in [5, 5.41) is 5.45. The van der Waals surface area contributed by atoms with Crippen LogP contribution in [-0.2, 0) is 16.0 Å². The lowest BCUT2D eigenvalue weighted by molar-refractivity contribution is -0.134. The van der Waals surface area contributed by atoms with Crippen LogP contribution in [0.15, 0.2) is 48.5 Å². The molecular formula is C20H20N2O4. The van der Waals surface area contributed by atoms with Gasteiger partial charge in [-0.05, 0) is 43.7 Å². The van der Waals surface area contributed by atoms with Crippen molar-refractivity contribution in [1.82, 2.24) is 5.32 Å². The Kier molecular flexibility index (Phi) is 4.75. The fourth-order valence-corrected chi connectivity index (χ4v) is 2.92. The second-order valence-corrected chi connectivity index (χ2v) is 6.35. The Labute approximate surface area is 151 Å². The standard InChI is InChI=1S/C20H20N2O4/c1-3-21-17(23)13-8-6-9-15(11-13)22-19(25)20(2)12-14-7-4-5-10-16(14)18(24)26-20/h4-11H,3,12H2,1-2H3,(H,21,23)(H,22,25). The zero-order chi connectivity index (χ0) is 18.7. The molecule has 0 saturated heterocycles. The van der Waals surface area contributed by atoms with Crippen molar-refractivity contribution in [3.8, 4) is 0 Å². The normalized spacial score (nSPS) is 18.5. The second-order valence-electron chi connectivity index (χ2n) is 6.35. The van der Waals surface area contributed by atoms with Crippen molar-refractivity contribution in [1.29, 1.82) is 0 Å². The van der Waals surface area contributed by atoms with Gasteiger partial charge in [-0.15, -0.1) is 0 Å². The molecule has 0 bridgehead atoms. The van der Waals surface area contributed by atoms with E-state index >= 15 is 0 Å². The van der Waals surface area contributed by atoms with E-state index in [4.69, 9.17) is 4.74 Å². The van der Waals surface area contributed by atoms with E-state index in [1.807, 2.05) is 19.1 Å². The molecule has 0 spiro atoms. The van der Waals surface area contributed by atoms with Gasteiger partial charge in [-0.1, -0.05) is 24.3 Å². The lowest BCUT2D eigenvalue weighted by Gasteiger charge is -2.33. The maximum absolute atomic E-state index is 12.8. The number of carbonyl (C=O) groups is 3. The molecule has 6 nitrogen and oxygen atoms in total. The Morgan fingerprint density at radius 2 is 1.92 bits per heavy atom. The van der Waals surface area contributed by atoms with Crippen LogP contribution in [0.4, 0.5) is 5.69 Å². The van der Waals surface area contributed by atoms with Crippen molar-refractivity contribution in [2.24, 2.45) is 0 Å². The third-order valence-electron chi connectivity index (χ3n) is 4.28. The van der Waals surface area contributed by atoms with Gasteiger partial charge in [-0.3, -0.25) is 9.59 Å². The van der Waals surface area contributed by atoms with Gasteiger partial charge in [0.1, 0.15) is 0 Å². The van der Waals surface area contributed by atoms with E-state index in [-0.39, 0.29) is 12.3 Å². The summed E-state index contributed by atoms with van der Waals surface area (Å²) in [7, 11) is 0. The fourth-order valence-electron chi connectivity index (χ4n) is 2.92. The zero-order valence-electron chi connectivity index (χ0n) is 14.7. The van der Waals surface area contributed by atoms with Gasteiger partial charge in [0.25, 0.3) is 11.8 Å². The third-order valence-corrected chi connectivity index (χ3v) is 4.28. The molecule has 2 N–H and O–H groups in total. The van der Waals surface area contributed by atoms with Crippen LogP contribution in [0, 0.1) is 0 Å². The van der Waals surface area contributed by atoms with Crippen LogP contribution < -0.4 is 10.6 Å². The Morgan fingerprint density at radius 3 is 2.69 bits per heavy atom. The van der Waals surface area contributed by atoms with Gasteiger partial charge in [0.05, 0.1) is 5.56 Å². The lowest BCUT2D eigenvalue weighted by Crippen LogP contribution is -2.48. The maximum Gasteiger partial charge on any atom is 0.339 e. The number of hydrogen-bond donors (Lipinski definition) is 2. The van der Waals surface area contributed by atoms with Crippen LogP contribution >= 0.6 is 0 Å². The molecule has 0 saturated carbocycles. The van der Waals surface area contributed by atoms with E-state index in [9.17, 15) is 14.4 Å². The number of fused-ring (bicyclic) bond motifs is 1. The number of benzene rings is 2. The molecule has 0 radical (unpaired) electrons. The highest BCUT2D eigenvalue weighted by molar-refractivity contribution is 6.03. The van der Waals surface area contributed by atoms with Crippen LogP contribution in [0.25, 0.3) is 0 Å². The largest absolute Gasteiger partial charge is 0.445 e.